The van der Waals surface area contributed by atoms with Crippen LogP contribution in [0.3, 0.4) is 0 Å². The monoisotopic (exact) mass is 327 g/mol. The fourth-order valence-corrected chi connectivity index (χ4v) is 2.84. The van der Waals surface area contributed by atoms with Crippen LogP contribution in [0.15, 0.2) is 36.4 Å². The molecule has 0 spiro atoms. The number of nitrogens with zero attached hydrogens (tertiary/aromatic N) is 1. The number of Topliss-reactive ketones (excluding diaryl/α,β-unsaturated/α-hetero) is 1. The first-order valence-electron chi connectivity index (χ1n) is 7.35. The summed E-state index contributed by atoms with van der Waals surface area (Å²) in [5.41, 5.74) is 1.58. The number of hydrogen-bond acceptors (Lipinski definition) is 5. The fourth-order valence-electron chi connectivity index (χ4n) is 2.84. The highest BCUT2D eigenvalue weighted by atomic mass is 16.5. The Kier molecular flexibility index (Phi) is 4.12. The zero-order valence-electron chi connectivity index (χ0n) is 13.7. The Bertz CT molecular complexity index is 801. The molecule has 1 aliphatic rings. The lowest BCUT2D eigenvalue weighted by molar-refractivity contribution is -0.114. The molecule has 0 aliphatic carbocycles. The Hall–Kier alpha value is -3.02. The zero-order chi connectivity index (χ0) is 17.3. The molecule has 6 heteroatoms. The zero-order valence-corrected chi connectivity index (χ0v) is 13.7. The largest absolute Gasteiger partial charge is 0.493 e. The van der Waals surface area contributed by atoms with Crippen LogP contribution in [-0.2, 0) is 11.3 Å². The molecule has 0 N–H and O–H groups in total. The van der Waals surface area contributed by atoms with Crippen molar-refractivity contribution < 1.29 is 23.8 Å². The fraction of sp³-hybridized carbons (Fsp3) is 0.222. The molecule has 3 rings (SSSR count). The van der Waals surface area contributed by atoms with Crippen LogP contribution in [-0.4, -0.2) is 33.0 Å². The van der Waals surface area contributed by atoms with Crippen molar-refractivity contribution in [3.63, 3.8) is 0 Å². The Morgan fingerprint density at radius 2 is 1.58 bits per heavy atom. The van der Waals surface area contributed by atoms with Crippen LogP contribution in [0.25, 0.3) is 0 Å². The van der Waals surface area contributed by atoms with E-state index in [0.717, 1.165) is 5.56 Å². The lowest BCUT2D eigenvalue weighted by Crippen LogP contribution is -2.29. The van der Waals surface area contributed by atoms with Crippen molar-refractivity contribution in [3.8, 4) is 17.2 Å². The second-order valence-corrected chi connectivity index (χ2v) is 5.25. The summed E-state index contributed by atoms with van der Waals surface area (Å²) in [5, 5.41) is 0. The maximum Gasteiger partial charge on any atom is 0.299 e. The number of ketones is 1. The summed E-state index contributed by atoms with van der Waals surface area (Å²) in [6, 6.07) is 11.1. The Morgan fingerprint density at radius 1 is 0.917 bits per heavy atom. The van der Waals surface area contributed by atoms with Crippen LogP contribution in [0.4, 0.5) is 5.69 Å². The van der Waals surface area contributed by atoms with Crippen molar-refractivity contribution in [2.45, 2.75) is 6.54 Å². The van der Waals surface area contributed by atoms with E-state index in [1.165, 1.54) is 26.2 Å². The highest BCUT2D eigenvalue weighted by molar-refractivity contribution is 6.53. The molecule has 0 unspecified atom stereocenters. The Morgan fingerprint density at radius 3 is 2.17 bits per heavy atom. The summed E-state index contributed by atoms with van der Waals surface area (Å²) in [6.07, 6.45) is 0. The Labute approximate surface area is 139 Å². The molecular weight excluding hydrogens is 310 g/mol. The van der Waals surface area contributed by atoms with Gasteiger partial charge in [0.2, 0.25) is 5.75 Å². The summed E-state index contributed by atoms with van der Waals surface area (Å²) in [5.74, 6) is -0.308. The Balaban J connectivity index is 2.15. The van der Waals surface area contributed by atoms with Gasteiger partial charge >= 0.3 is 0 Å². The molecule has 0 saturated carbocycles. The van der Waals surface area contributed by atoms with E-state index in [9.17, 15) is 9.59 Å². The quantitative estimate of drug-likeness (QED) is 0.789. The van der Waals surface area contributed by atoms with Crippen molar-refractivity contribution in [2.24, 2.45) is 0 Å². The van der Waals surface area contributed by atoms with Gasteiger partial charge in [-0.15, -0.1) is 0 Å². The summed E-state index contributed by atoms with van der Waals surface area (Å²) in [6.45, 7) is 0.289. The number of ether oxygens (including phenoxy) is 3. The first kappa shape index (κ1) is 15.9. The van der Waals surface area contributed by atoms with Gasteiger partial charge in [0, 0.05) is 6.07 Å². The number of anilines is 1. The number of carbonyl (C=O) groups excluding carboxylic acids is 2. The average Bonchev–Trinajstić information content (AvgIpc) is 2.85. The van der Waals surface area contributed by atoms with Gasteiger partial charge in [0.05, 0.1) is 39.1 Å². The lowest BCUT2D eigenvalue weighted by Gasteiger charge is -2.19. The van der Waals surface area contributed by atoms with Crippen molar-refractivity contribution in [1.29, 1.82) is 0 Å². The van der Waals surface area contributed by atoms with Crippen LogP contribution in [0.1, 0.15) is 15.9 Å². The molecule has 0 radical (unpaired) electrons. The van der Waals surface area contributed by atoms with E-state index < -0.39 is 11.7 Å². The van der Waals surface area contributed by atoms with E-state index in [4.69, 9.17) is 14.2 Å². The van der Waals surface area contributed by atoms with Crippen molar-refractivity contribution >= 4 is 17.4 Å². The van der Waals surface area contributed by atoms with Gasteiger partial charge in [-0.3, -0.25) is 9.59 Å². The third kappa shape index (κ3) is 2.36. The van der Waals surface area contributed by atoms with E-state index in [2.05, 4.69) is 0 Å². The number of carbonyl (C=O) groups is 2. The van der Waals surface area contributed by atoms with Crippen molar-refractivity contribution in [2.75, 3.05) is 26.2 Å². The highest BCUT2D eigenvalue weighted by Crippen LogP contribution is 2.48. The summed E-state index contributed by atoms with van der Waals surface area (Å²) < 4.78 is 15.9. The third-order valence-corrected chi connectivity index (χ3v) is 3.95. The predicted molar refractivity (Wildman–Crippen MR) is 88.1 cm³/mol. The second kappa shape index (κ2) is 6.23. The minimum absolute atomic E-state index is 0.205. The molecule has 2 aromatic carbocycles. The molecule has 0 bridgehead atoms. The second-order valence-electron chi connectivity index (χ2n) is 5.25. The van der Waals surface area contributed by atoms with Gasteiger partial charge in [-0.05, 0) is 5.56 Å². The maximum absolute atomic E-state index is 12.5. The van der Waals surface area contributed by atoms with E-state index in [-0.39, 0.29) is 17.9 Å². The van der Waals surface area contributed by atoms with E-state index in [1.54, 1.807) is 6.07 Å². The first-order chi connectivity index (χ1) is 11.6. The standard InChI is InChI=1S/C18H17NO5/c1-22-13-9-12-14(17(24-3)16(13)23-2)15(20)18(21)19(12)10-11-7-5-4-6-8-11/h4-9H,10H2,1-3H3. The molecule has 2 aromatic rings. The SMILES string of the molecule is COc1cc2c(c(OC)c1OC)C(=O)C(=O)N2Cc1ccccc1. The molecule has 1 aliphatic heterocycles. The molecule has 1 heterocycles. The van der Waals surface area contributed by atoms with Crippen molar-refractivity contribution in [3.05, 3.63) is 47.5 Å². The van der Waals surface area contributed by atoms with E-state index in [1.807, 2.05) is 30.3 Å². The summed E-state index contributed by atoms with van der Waals surface area (Å²) >= 11 is 0. The van der Waals surface area contributed by atoms with Gasteiger partial charge in [-0.2, -0.15) is 0 Å². The number of fused-ring (bicyclic) bond motifs is 1. The maximum atomic E-state index is 12.5. The lowest BCUT2D eigenvalue weighted by atomic mass is 10.1. The van der Waals surface area contributed by atoms with Crippen molar-refractivity contribution in [1.82, 2.24) is 0 Å². The minimum atomic E-state index is -0.612. The van der Waals surface area contributed by atoms with Crippen LogP contribution >= 0.6 is 0 Å². The number of rotatable bonds is 5. The molecular formula is C18H17NO5. The number of benzene rings is 2. The minimum Gasteiger partial charge on any atom is -0.493 e. The third-order valence-electron chi connectivity index (χ3n) is 3.95. The molecule has 0 atom stereocenters. The topological polar surface area (TPSA) is 65.1 Å². The summed E-state index contributed by atoms with van der Waals surface area (Å²) in [4.78, 5) is 26.4. The molecule has 6 nitrogen and oxygen atoms in total. The molecule has 0 fully saturated rings. The van der Waals surface area contributed by atoms with Crippen LogP contribution in [0.5, 0.6) is 17.2 Å². The normalized spacial score (nSPS) is 13.0. The number of methoxy groups -OCH3 is 3. The molecule has 0 aromatic heterocycles. The smallest absolute Gasteiger partial charge is 0.299 e. The predicted octanol–water partition coefficient (Wildman–Crippen LogP) is 2.44. The molecule has 124 valence electrons. The van der Waals surface area contributed by atoms with Gasteiger partial charge in [0.1, 0.15) is 0 Å². The molecule has 24 heavy (non-hydrogen) atoms. The first-order valence-corrected chi connectivity index (χ1v) is 7.35. The van der Waals surface area contributed by atoms with Crippen LogP contribution in [0, 0.1) is 0 Å². The highest BCUT2D eigenvalue weighted by Gasteiger charge is 2.41. The van der Waals surface area contributed by atoms with Gasteiger partial charge in [0.15, 0.2) is 11.5 Å². The summed E-state index contributed by atoms with van der Waals surface area (Å²) in [7, 11) is 4.37. The van der Waals surface area contributed by atoms with Crippen LogP contribution in [0.2, 0.25) is 0 Å². The molecule has 0 saturated heterocycles. The van der Waals surface area contributed by atoms with Gasteiger partial charge in [-0.25, -0.2) is 0 Å². The number of amides is 1. The number of hydrogen-bond donors (Lipinski definition) is 0. The van der Waals surface area contributed by atoms with E-state index >= 15 is 0 Å². The molecule has 1 amide bonds. The van der Waals surface area contributed by atoms with Gasteiger partial charge in [0.25, 0.3) is 11.7 Å². The van der Waals surface area contributed by atoms with Gasteiger partial charge in [-0.1, -0.05) is 30.3 Å². The van der Waals surface area contributed by atoms with E-state index in [0.29, 0.717) is 17.2 Å². The average molecular weight is 327 g/mol. The van der Waals surface area contributed by atoms with Gasteiger partial charge < -0.3 is 19.1 Å². The van der Waals surface area contributed by atoms with Crippen LogP contribution < -0.4 is 19.1 Å².